The average molecular weight is 344 g/mol. The van der Waals surface area contributed by atoms with Crippen LogP contribution in [0, 0.1) is 5.92 Å². The lowest BCUT2D eigenvalue weighted by Crippen LogP contribution is -2.40. The molecule has 0 aliphatic carbocycles. The van der Waals surface area contributed by atoms with Gasteiger partial charge in [0, 0.05) is 12.2 Å². The fourth-order valence-electron chi connectivity index (χ4n) is 2.20. The van der Waals surface area contributed by atoms with Crippen molar-refractivity contribution in [2.45, 2.75) is 19.9 Å². The Morgan fingerprint density at radius 1 is 1.08 bits per heavy atom. The van der Waals surface area contributed by atoms with Gasteiger partial charge in [-0.25, -0.2) is 0 Å². The molecule has 25 heavy (non-hydrogen) atoms. The van der Waals surface area contributed by atoms with Crippen LogP contribution in [-0.4, -0.2) is 31.6 Å². The Morgan fingerprint density at radius 3 is 2.48 bits per heavy atom. The molecule has 0 radical (unpaired) electrons. The molecular weight excluding hydrogens is 320 g/mol. The van der Waals surface area contributed by atoms with Crippen molar-refractivity contribution in [1.82, 2.24) is 10.6 Å². The van der Waals surface area contributed by atoms with Crippen molar-refractivity contribution in [2.24, 2.45) is 5.92 Å². The normalized spacial score (nSPS) is 12.0. The smallest absolute Gasteiger partial charge is 0.251 e. The van der Waals surface area contributed by atoms with E-state index in [4.69, 9.17) is 9.15 Å². The van der Waals surface area contributed by atoms with Gasteiger partial charge in [-0.05, 0) is 30.2 Å². The predicted octanol–water partition coefficient (Wildman–Crippen LogP) is 2.54. The van der Waals surface area contributed by atoms with Crippen molar-refractivity contribution >= 4 is 11.8 Å². The number of hydrogen-bond donors (Lipinski definition) is 2. The number of carbonyl (C=O) groups is 2. The first-order valence-corrected chi connectivity index (χ1v) is 8.30. The Morgan fingerprint density at radius 2 is 1.84 bits per heavy atom. The van der Waals surface area contributed by atoms with E-state index in [1.807, 2.05) is 6.07 Å². The number of rotatable bonds is 9. The van der Waals surface area contributed by atoms with E-state index in [9.17, 15) is 9.59 Å². The first kappa shape index (κ1) is 18.7. The highest BCUT2D eigenvalue weighted by molar-refractivity contribution is 5.96. The zero-order valence-corrected chi connectivity index (χ0v) is 14.5. The molecule has 0 unspecified atom stereocenters. The maximum atomic E-state index is 12.2. The molecule has 134 valence electrons. The number of ether oxygens (including phenoxy) is 1. The van der Waals surface area contributed by atoms with E-state index < -0.39 is 6.04 Å². The van der Waals surface area contributed by atoms with E-state index in [0.717, 1.165) is 0 Å². The molecule has 0 aliphatic heterocycles. The van der Waals surface area contributed by atoms with Crippen LogP contribution in [0.5, 0.6) is 0 Å². The second-order valence-corrected chi connectivity index (χ2v) is 6.12. The molecule has 0 spiro atoms. The van der Waals surface area contributed by atoms with Gasteiger partial charge in [0.15, 0.2) is 0 Å². The predicted molar refractivity (Wildman–Crippen MR) is 94.0 cm³/mol. The van der Waals surface area contributed by atoms with Crippen molar-refractivity contribution in [3.05, 3.63) is 60.1 Å². The third-order valence-corrected chi connectivity index (χ3v) is 3.40. The topological polar surface area (TPSA) is 80.6 Å². The van der Waals surface area contributed by atoms with Gasteiger partial charge in [0.1, 0.15) is 11.8 Å². The van der Waals surface area contributed by atoms with E-state index in [2.05, 4.69) is 24.5 Å². The van der Waals surface area contributed by atoms with Gasteiger partial charge in [-0.1, -0.05) is 32.0 Å². The summed E-state index contributed by atoms with van der Waals surface area (Å²) >= 11 is 0. The van der Waals surface area contributed by atoms with Crippen molar-refractivity contribution in [1.29, 1.82) is 0 Å². The maximum Gasteiger partial charge on any atom is 0.251 e. The molecule has 1 atom stereocenters. The van der Waals surface area contributed by atoms with Crippen molar-refractivity contribution < 1.29 is 18.7 Å². The Bertz CT molecular complexity index is 653. The second kappa shape index (κ2) is 9.64. The molecule has 0 bridgehead atoms. The largest absolute Gasteiger partial charge is 0.467 e. The number of benzene rings is 1. The van der Waals surface area contributed by atoms with Crippen LogP contribution < -0.4 is 10.6 Å². The molecule has 1 heterocycles. The monoisotopic (exact) mass is 344 g/mol. The van der Waals surface area contributed by atoms with Crippen LogP contribution in [0.4, 0.5) is 0 Å². The quantitative estimate of drug-likeness (QED) is 0.732. The summed E-state index contributed by atoms with van der Waals surface area (Å²) in [5, 5.41) is 5.43. The van der Waals surface area contributed by atoms with Crippen LogP contribution in [0.15, 0.2) is 53.1 Å². The lowest BCUT2D eigenvalue weighted by molar-refractivity contribution is -0.121. The number of carbonyl (C=O) groups excluding carboxylic acids is 2. The SMILES string of the molecule is CC(C)COC[C@@H](NC(=O)CNC(=O)c1ccccc1)c1ccco1. The van der Waals surface area contributed by atoms with Gasteiger partial charge in [-0.3, -0.25) is 9.59 Å². The Labute approximate surface area is 147 Å². The third-order valence-electron chi connectivity index (χ3n) is 3.40. The molecule has 0 saturated carbocycles. The molecule has 6 heteroatoms. The zero-order valence-electron chi connectivity index (χ0n) is 14.5. The lowest BCUT2D eigenvalue weighted by atomic mass is 10.2. The number of furan rings is 1. The van der Waals surface area contributed by atoms with Crippen LogP contribution in [-0.2, 0) is 9.53 Å². The minimum atomic E-state index is -0.394. The summed E-state index contributed by atoms with van der Waals surface area (Å²) in [6.45, 7) is 4.90. The molecular formula is C19H24N2O4. The molecule has 2 aromatic rings. The summed E-state index contributed by atoms with van der Waals surface area (Å²) in [4.78, 5) is 24.1. The highest BCUT2D eigenvalue weighted by Crippen LogP contribution is 2.14. The van der Waals surface area contributed by atoms with E-state index in [0.29, 0.717) is 30.5 Å². The van der Waals surface area contributed by atoms with Gasteiger partial charge in [0.2, 0.25) is 5.91 Å². The van der Waals surface area contributed by atoms with Crippen molar-refractivity contribution in [3.8, 4) is 0 Å². The summed E-state index contributed by atoms with van der Waals surface area (Å²) in [6.07, 6.45) is 1.55. The van der Waals surface area contributed by atoms with Gasteiger partial charge < -0.3 is 19.8 Å². The van der Waals surface area contributed by atoms with E-state index >= 15 is 0 Å². The van der Waals surface area contributed by atoms with Crippen LogP contribution in [0.3, 0.4) is 0 Å². The zero-order chi connectivity index (χ0) is 18.1. The van der Waals surface area contributed by atoms with Gasteiger partial charge in [0.25, 0.3) is 5.91 Å². The molecule has 6 nitrogen and oxygen atoms in total. The first-order valence-electron chi connectivity index (χ1n) is 8.30. The minimum Gasteiger partial charge on any atom is -0.467 e. The van der Waals surface area contributed by atoms with Crippen molar-refractivity contribution in [3.63, 3.8) is 0 Å². The second-order valence-electron chi connectivity index (χ2n) is 6.12. The molecule has 2 rings (SSSR count). The summed E-state index contributed by atoms with van der Waals surface area (Å²) in [5.41, 5.74) is 0.512. The van der Waals surface area contributed by atoms with Crippen LogP contribution in [0.1, 0.15) is 36.0 Å². The van der Waals surface area contributed by atoms with E-state index in [1.54, 1.807) is 42.7 Å². The summed E-state index contributed by atoms with van der Waals surface area (Å²) < 4.78 is 11.0. The highest BCUT2D eigenvalue weighted by Gasteiger charge is 2.18. The first-order chi connectivity index (χ1) is 12.1. The standard InChI is InChI=1S/C19H24N2O4/c1-14(2)12-24-13-16(17-9-6-10-25-17)21-18(22)11-20-19(23)15-7-4-3-5-8-15/h3-10,14,16H,11-13H2,1-2H3,(H,20,23)(H,21,22)/t16-/m1/s1. The average Bonchev–Trinajstić information content (AvgIpc) is 3.14. The fourth-order valence-corrected chi connectivity index (χ4v) is 2.20. The molecule has 2 N–H and O–H groups in total. The number of hydrogen-bond acceptors (Lipinski definition) is 4. The third kappa shape index (κ3) is 6.43. The Balaban J connectivity index is 1.85. The van der Waals surface area contributed by atoms with Crippen LogP contribution >= 0.6 is 0 Å². The Kier molecular flexibility index (Phi) is 7.22. The summed E-state index contributed by atoms with van der Waals surface area (Å²) in [6, 6.07) is 11.9. The van der Waals surface area contributed by atoms with Crippen LogP contribution in [0.25, 0.3) is 0 Å². The van der Waals surface area contributed by atoms with Crippen molar-refractivity contribution in [2.75, 3.05) is 19.8 Å². The summed E-state index contributed by atoms with van der Waals surface area (Å²) in [7, 11) is 0. The van der Waals surface area contributed by atoms with E-state index in [-0.39, 0.29) is 18.4 Å². The molecule has 1 aromatic carbocycles. The van der Waals surface area contributed by atoms with E-state index in [1.165, 1.54) is 0 Å². The number of amides is 2. The number of nitrogens with one attached hydrogen (secondary N) is 2. The molecule has 2 amide bonds. The highest BCUT2D eigenvalue weighted by atomic mass is 16.5. The van der Waals surface area contributed by atoms with Gasteiger partial charge >= 0.3 is 0 Å². The molecule has 1 aromatic heterocycles. The maximum absolute atomic E-state index is 12.2. The lowest BCUT2D eigenvalue weighted by Gasteiger charge is -2.18. The minimum absolute atomic E-state index is 0.116. The van der Waals surface area contributed by atoms with Gasteiger partial charge in [-0.15, -0.1) is 0 Å². The van der Waals surface area contributed by atoms with Gasteiger partial charge in [-0.2, -0.15) is 0 Å². The molecule has 0 fully saturated rings. The fraction of sp³-hybridized carbons (Fsp3) is 0.368. The molecule has 0 saturated heterocycles. The molecule has 0 aliphatic rings. The van der Waals surface area contributed by atoms with Gasteiger partial charge in [0.05, 0.1) is 19.4 Å². The van der Waals surface area contributed by atoms with Crippen LogP contribution in [0.2, 0.25) is 0 Å². The summed E-state index contributed by atoms with van der Waals surface area (Å²) in [5.74, 6) is 0.421. The Hall–Kier alpha value is -2.60.